The minimum atomic E-state index is -0.563. The molecule has 3 heterocycles. The van der Waals surface area contributed by atoms with Gasteiger partial charge in [0.2, 0.25) is 0 Å². The zero-order chi connectivity index (χ0) is 22.1. The van der Waals surface area contributed by atoms with Gasteiger partial charge in [-0.2, -0.15) is 5.26 Å². The molecular formula is C22H22FN5O2S. The second-order valence-electron chi connectivity index (χ2n) is 7.56. The van der Waals surface area contributed by atoms with Crippen LogP contribution < -0.4 is 16.1 Å². The van der Waals surface area contributed by atoms with Crippen LogP contribution in [0.25, 0.3) is 10.4 Å². The van der Waals surface area contributed by atoms with Crippen molar-refractivity contribution < 1.29 is 4.39 Å². The molecule has 0 radical (unpaired) electrons. The molecule has 0 N–H and O–H groups in total. The molecule has 4 rings (SSSR count). The molecule has 160 valence electrons. The van der Waals surface area contributed by atoms with Crippen LogP contribution >= 0.6 is 11.3 Å². The Bertz CT molecular complexity index is 1280. The van der Waals surface area contributed by atoms with E-state index in [1.54, 1.807) is 24.5 Å². The summed E-state index contributed by atoms with van der Waals surface area (Å²) in [6.07, 6.45) is 0. The molecule has 0 unspecified atom stereocenters. The van der Waals surface area contributed by atoms with E-state index in [4.69, 9.17) is 0 Å². The van der Waals surface area contributed by atoms with Crippen molar-refractivity contribution in [2.24, 2.45) is 14.1 Å². The molecule has 1 aromatic carbocycles. The van der Waals surface area contributed by atoms with Crippen molar-refractivity contribution >= 4 is 17.2 Å². The van der Waals surface area contributed by atoms with E-state index in [-0.39, 0.29) is 11.4 Å². The molecule has 1 aliphatic heterocycles. The van der Waals surface area contributed by atoms with Gasteiger partial charge in [0, 0.05) is 56.6 Å². The Hall–Kier alpha value is -3.22. The molecule has 2 aromatic heterocycles. The molecule has 1 fully saturated rings. The highest BCUT2D eigenvalue weighted by atomic mass is 32.1. The van der Waals surface area contributed by atoms with Gasteiger partial charge in [-0.3, -0.25) is 18.8 Å². The first-order valence-corrected chi connectivity index (χ1v) is 10.7. The molecule has 31 heavy (non-hydrogen) atoms. The van der Waals surface area contributed by atoms with Crippen molar-refractivity contribution in [3.8, 4) is 16.5 Å². The van der Waals surface area contributed by atoms with E-state index in [9.17, 15) is 19.2 Å². The molecule has 0 amide bonds. The molecule has 1 saturated heterocycles. The highest BCUT2D eigenvalue weighted by Gasteiger charge is 2.25. The van der Waals surface area contributed by atoms with E-state index in [1.165, 1.54) is 28.6 Å². The Kier molecular flexibility index (Phi) is 5.76. The van der Waals surface area contributed by atoms with Crippen LogP contribution in [0.3, 0.4) is 0 Å². The largest absolute Gasteiger partial charge is 0.354 e. The first-order chi connectivity index (χ1) is 14.9. The summed E-state index contributed by atoms with van der Waals surface area (Å²) >= 11 is 1.65. The summed E-state index contributed by atoms with van der Waals surface area (Å²) in [4.78, 5) is 31.1. The van der Waals surface area contributed by atoms with Crippen molar-refractivity contribution in [1.82, 2.24) is 14.0 Å². The van der Waals surface area contributed by atoms with Crippen LogP contribution in [0.4, 0.5) is 10.2 Å². The lowest BCUT2D eigenvalue weighted by atomic mass is 10.2. The average molecular weight is 440 g/mol. The van der Waals surface area contributed by atoms with Crippen LogP contribution in [0, 0.1) is 17.1 Å². The van der Waals surface area contributed by atoms with Crippen molar-refractivity contribution in [2.45, 2.75) is 6.54 Å². The Morgan fingerprint density at radius 3 is 2.48 bits per heavy atom. The second kappa shape index (κ2) is 8.49. The minimum absolute atomic E-state index is 0.00366. The first kappa shape index (κ1) is 21.0. The van der Waals surface area contributed by atoms with Crippen molar-refractivity contribution in [3.05, 3.63) is 73.5 Å². The smallest absolute Gasteiger partial charge is 0.332 e. The van der Waals surface area contributed by atoms with Gasteiger partial charge in [0.25, 0.3) is 5.56 Å². The van der Waals surface area contributed by atoms with Gasteiger partial charge in [-0.25, -0.2) is 9.18 Å². The summed E-state index contributed by atoms with van der Waals surface area (Å²) in [6.45, 7) is 3.46. The molecule has 7 nitrogen and oxygen atoms in total. The summed E-state index contributed by atoms with van der Waals surface area (Å²) in [6, 6.07) is 12.6. The topological polar surface area (TPSA) is 74.3 Å². The maximum absolute atomic E-state index is 13.5. The van der Waals surface area contributed by atoms with Crippen LogP contribution in [-0.2, 0) is 20.6 Å². The molecule has 0 aliphatic carbocycles. The van der Waals surface area contributed by atoms with E-state index < -0.39 is 11.2 Å². The van der Waals surface area contributed by atoms with Crippen molar-refractivity contribution in [2.75, 3.05) is 31.1 Å². The summed E-state index contributed by atoms with van der Waals surface area (Å²) in [5.74, 6) is 0.144. The number of nitriles is 1. The molecular weight excluding hydrogens is 417 g/mol. The zero-order valence-electron chi connectivity index (χ0n) is 17.3. The number of hydrogen-bond acceptors (Lipinski definition) is 6. The number of benzene rings is 1. The van der Waals surface area contributed by atoms with Crippen molar-refractivity contribution in [3.63, 3.8) is 0 Å². The monoisotopic (exact) mass is 439 g/mol. The predicted octanol–water partition coefficient (Wildman–Crippen LogP) is 2.15. The third-order valence-corrected chi connectivity index (χ3v) is 6.69. The number of nitrogens with zero attached hydrogens (tertiary/aromatic N) is 5. The van der Waals surface area contributed by atoms with E-state index >= 15 is 0 Å². The van der Waals surface area contributed by atoms with Gasteiger partial charge in [-0.1, -0.05) is 12.1 Å². The maximum Gasteiger partial charge on any atom is 0.332 e. The van der Waals surface area contributed by atoms with Crippen LogP contribution in [-0.4, -0.2) is 40.2 Å². The highest BCUT2D eigenvalue weighted by Crippen LogP contribution is 2.29. The Morgan fingerprint density at radius 1 is 1.06 bits per heavy atom. The standard InChI is InChI=1S/C22H22FN5O2S/c1-25-20(18(13-24)21(29)26(2)22(25)30)28-10-8-27(9-11-28)14-17-6-7-19(31-17)15-4-3-5-16(23)12-15/h3-7,12H,8-11,14H2,1-2H3. The maximum atomic E-state index is 13.5. The van der Waals surface area contributed by atoms with Gasteiger partial charge in [-0.05, 0) is 29.8 Å². The summed E-state index contributed by atoms with van der Waals surface area (Å²) < 4.78 is 15.8. The fraction of sp³-hybridized carbons (Fsp3) is 0.318. The number of thiophene rings is 1. The highest BCUT2D eigenvalue weighted by molar-refractivity contribution is 7.15. The van der Waals surface area contributed by atoms with Gasteiger partial charge in [0.1, 0.15) is 17.7 Å². The number of hydrogen-bond donors (Lipinski definition) is 0. The van der Waals surface area contributed by atoms with Crippen LogP contribution in [0.1, 0.15) is 10.4 Å². The lowest BCUT2D eigenvalue weighted by Gasteiger charge is -2.36. The summed E-state index contributed by atoms with van der Waals surface area (Å²) in [5.41, 5.74) is -0.135. The molecule has 0 atom stereocenters. The lowest BCUT2D eigenvalue weighted by Crippen LogP contribution is -2.50. The fourth-order valence-corrected chi connectivity index (χ4v) is 4.95. The molecule has 0 spiro atoms. The number of anilines is 1. The number of halogens is 1. The molecule has 1 aliphatic rings. The van der Waals surface area contributed by atoms with Gasteiger partial charge in [0.15, 0.2) is 5.56 Å². The zero-order valence-corrected chi connectivity index (χ0v) is 18.2. The van der Waals surface area contributed by atoms with Gasteiger partial charge in [0.05, 0.1) is 0 Å². The second-order valence-corrected chi connectivity index (χ2v) is 8.72. The van der Waals surface area contributed by atoms with E-state index in [2.05, 4.69) is 11.0 Å². The van der Waals surface area contributed by atoms with Crippen LogP contribution in [0.2, 0.25) is 0 Å². The fourth-order valence-electron chi connectivity index (χ4n) is 3.90. The summed E-state index contributed by atoms with van der Waals surface area (Å²) in [5, 5.41) is 9.49. The van der Waals surface area contributed by atoms with E-state index in [1.807, 2.05) is 23.1 Å². The number of rotatable bonds is 4. The lowest BCUT2D eigenvalue weighted by molar-refractivity contribution is 0.250. The quantitative estimate of drug-likeness (QED) is 0.623. The van der Waals surface area contributed by atoms with Gasteiger partial charge >= 0.3 is 5.69 Å². The number of piperazine rings is 1. The predicted molar refractivity (Wildman–Crippen MR) is 119 cm³/mol. The normalized spacial score (nSPS) is 14.6. The Morgan fingerprint density at radius 2 is 1.81 bits per heavy atom. The first-order valence-electron chi connectivity index (χ1n) is 9.91. The van der Waals surface area contributed by atoms with Crippen LogP contribution in [0.5, 0.6) is 0 Å². The molecule has 9 heteroatoms. The van der Waals surface area contributed by atoms with E-state index in [0.29, 0.717) is 18.9 Å². The Balaban J connectivity index is 1.47. The van der Waals surface area contributed by atoms with Crippen molar-refractivity contribution in [1.29, 1.82) is 5.26 Å². The SMILES string of the molecule is Cn1c(N2CCN(Cc3ccc(-c4cccc(F)c4)s3)CC2)c(C#N)c(=O)n(C)c1=O. The molecule has 0 bridgehead atoms. The van der Waals surface area contributed by atoms with Crippen LogP contribution in [0.15, 0.2) is 46.0 Å². The summed E-state index contributed by atoms with van der Waals surface area (Å²) in [7, 11) is 2.97. The third kappa shape index (κ3) is 4.04. The van der Waals surface area contributed by atoms with E-state index in [0.717, 1.165) is 34.6 Å². The Labute approximate surface area is 182 Å². The average Bonchev–Trinajstić information content (AvgIpc) is 3.24. The van der Waals surface area contributed by atoms with Gasteiger partial charge < -0.3 is 4.90 Å². The third-order valence-electron chi connectivity index (χ3n) is 5.57. The molecule has 3 aromatic rings. The number of aromatic nitrogens is 2. The minimum Gasteiger partial charge on any atom is -0.354 e. The molecule has 0 saturated carbocycles. The van der Waals surface area contributed by atoms with Gasteiger partial charge in [-0.15, -0.1) is 11.3 Å².